The SMILES string of the molecule is COc1cc([C@@H]2c3cc4c(cc3[C@@H](NC(=S)NC(=O)c3cccc([N+](=O)[O-])c3)[C@H]3COC(=O)[C@H]23)OCO4)cc(OC)c1OC. The van der Waals surface area contributed by atoms with Crippen LogP contribution < -0.4 is 34.3 Å². The summed E-state index contributed by atoms with van der Waals surface area (Å²) in [5.41, 5.74) is 2.09. The highest BCUT2D eigenvalue weighted by Crippen LogP contribution is 2.55. The topological polar surface area (TPSA) is 157 Å². The van der Waals surface area contributed by atoms with Gasteiger partial charge in [-0.2, -0.15) is 0 Å². The van der Waals surface area contributed by atoms with E-state index in [1.165, 1.54) is 39.5 Å². The fraction of sp³-hybridized carbons (Fsp3) is 0.300. The van der Waals surface area contributed by atoms with Crippen molar-refractivity contribution in [3.63, 3.8) is 0 Å². The van der Waals surface area contributed by atoms with Crippen molar-refractivity contribution in [1.82, 2.24) is 10.6 Å². The number of nitro groups is 1. The first-order valence-corrected chi connectivity index (χ1v) is 13.9. The first-order chi connectivity index (χ1) is 21.2. The van der Waals surface area contributed by atoms with E-state index in [-0.39, 0.29) is 29.8 Å². The second kappa shape index (κ2) is 11.5. The van der Waals surface area contributed by atoms with Gasteiger partial charge in [0.05, 0.1) is 44.8 Å². The fourth-order valence-corrected chi connectivity index (χ4v) is 6.36. The number of methoxy groups -OCH3 is 3. The van der Waals surface area contributed by atoms with Gasteiger partial charge in [-0.25, -0.2) is 0 Å². The summed E-state index contributed by atoms with van der Waals surface area (Å²) >= 11 is 5.52. The molecule has 2 heterocycles. The molecular weight excluding hydrogens is 594 g/mol. The molecule has 13 nitrogen and oxygen atoms in total. The van der Waals surface area contributed by atoms with Crippen molar-refractivity contribution >= 4 is 34.9 Å². The van der Waals surface area contributed by atoms with Gasteiger partial charge >= 0.3 is 5.97 Å². The summed E-state index contributed by atoms with van der Waals surface area (Å²) < 4.78 is 33.7. The Bertz CT molecular complexity index is 1670. The monoisotopic (exact) mass is 621 g/mol. The van der Waals surface area contributed by atoms with Crippen molar-refractivity contribution in [3.05, 3.63) is 80.9 Å². The lowest BCUT2D eigenvalue weighted by molar-refractivity contribution is -0.384. The molecule has 3 aromatic rings. The number of nitrogens with zero attached hydrogens (tertiary/aromatic N) is 1. The number of hydrogen-bond acceptors (Lipinski definition) is 11. The molecule has 44 heavy (non-hydrogen) atoms. The van der Waals surface area contributed by atoms with E-state index in [9.17, 15) is 19.7 Å². The minimum atomic E-state index is -0.654. The molecule has 2 aliphatic heterocycles. The number of amides is 1. The predicted molar refractivity (Wildman–Crippen MR) is 157 cm³/mol. The van der Waals surface area contributed by atoms with Gasteiger partial charge in [0.1, 0.15) is 0 Å². The van der Waals surface area contributed by atoms with Crippen LogP contribution in [-0.4, -0.2) is 56.6 Å². The molecule has 3 aliphatic rings. The summed E-state index contributed by atoms with van der Waals surface area (Å²) in [6.07, 6.45) is 0. The lowest BCUT2D eigenvalue weighted by Gasteiger charge is -2.40. The largest absolute Gasteiger partial charge is 0.493 e. The van der Waals surface area contributed by atoms with Gasteiger partial charge in [0.25, 0.3) is 11.6 Å². The van der Waals surface area contributed by atoms with E-state index >= 15 is 0 Å². The van der Waals surface area contributed by atoms with Gasteiger partial charge in [0.2, 0.25) is 12.5 Å². The number of cyclic esters (lactones) is 1. The van der Waals surface area contributed by atoms with E-state index in [0.29, 0.717) is 28.7 Å². The lowest BCUT2D eigenvalue weighted by Crippen LogP contribution is -2.47. The molecule has 1 amide bonds. The quantitative estimate of drug-likeness (QED) is 0.171. The van der Waals surface area contributed by atoms with Gasteiger partial charge in [-0.1, -0.05) is 6.07 Å². The number of carbonyl (C=O) groups is 2. The summed E-state index contributed by atoms with van der Waals surface area (Å²) in [6, 6.07) is 12.0. The number of thiocarbonyl (C=S) groups is 1. The lowest BCUT2D eigenvalue weighted by atomic mass is 9.65. The number of non-ortho nitro benzene ring substituents is 1. The third-order valence-corrected chi connectivity index (χ3v) is 8.29. The fourth-order valence-electron chi connectivity index (χ4n) is 6.14. The van der Waals surface area contributed by atoms with Gasteiger partial charge in [-0.3, -0.25) is 25.0 Å². The molecule has 0 bridgehead atoms. The van der Waals surface area contributed by atoms with Crippen molar-refractivity contribution in [2.75, 3.05) is 34.7 Å². The van der Waals surface area contributed by atoms with Gasteiger partial charge in [-0.05, 0) is 59.2 Å². The summed E-state index contributed by atoms with van der Waals surface area (Å²) in [5.74, 6) is -0.273. The molecule has 3 aromatic carbocycles. The molecule has 1 saturated heterocycles. The highest BCUT2D eigenvalue weighted by atomic mass is 32.1. The van der Waals surface area contributed by atoms with Gasteiger partial charge in [0.15, 0.2) is 28.1 Å². The van der Waals surface area contributed by atoms with Crippen molar-refractivity contribution < 1.29 is 42.9 Å². The van der Waals surface area contributed by atoms with Crippen LogP contribution in [0.3, 0.4) is 0 Å². The van der Waals surface area contributed by atoms with Crippen LogP contribution in [0.5, 0.6) is 28.7 Å². The zero-order chi connectivity index (χ0) is 31.1. The van der Waals surface area contributed by atoms with Crippen LogP contribution >= 0.6 is 12.2 Å². The average Bonchev–Trinajstić information content (AvgIpc) is 3.65. The molecule has 14 heteroatoms. The number of ether oxygens (including phenoxy) is 6. The number of rotatable bonds is 7. The minimum Gasteiger partial charge on any atom is -0.493 e. The molecular formula is C30H27N3O10S. The van der Waals surface area contributed by atoms with E-state index in [1.54, 1.807) is 12.1 Å². The van der Waals surface area contributed by atoms with Gasteiger partial charge in [0, 0.05) is 29.5 Å². The zero-order valence-corrected chi connectivity index (χ0v) is 24.6. The Labute approximate surface area is 256 Å². The smallest absolute Gasteiger partial charge is 0.310 e. The van der Waals surface area contributed by atoms with E-state index in [2.05, 4.69) is 10.6 Å². The van der Waals surface area contributed by atoms with Gasteiger partial charge < -0.3 is 33.7 Å². The molecule has 0 unspecified atom stereocenters. The Balaban J connectivity index is 1.40. The van der Waals surface area contributed by atoms with Crippen molar-refractivity contribution in [3.8, 4) is 28.7 Å². The van der Waals surface area contributed by atoms with Crippen molar-refractivity contribution in [1.29, 1.82) is 0 Å². The predicted octanol–water partition coefficient (Wildman–Crippen LogP) is 3.63. The summed E-state index contributed by atoms with van der Waals surface area (Å²) in [5, 5.41) is 17.0. The molecule has 228 valence electrons. The molecule has 0 radical (unpaired) electrons. The third-order valence-electron chi connectivity index (χ3n) is 8.07. The maximum atomic E-state index is 13.4. The maximum Gasteiger partial charge on any atom is 0.310 e. The molecule has 0 spiro atoms. The number of carbonyl (C=O) groups excluding carboxylic acids is 2. The molecule has 1 fully saturated rings. The molecule has 2 N–H and O–H groups in total. The van der Waals surface area contributed by atoms with Crippen LogP contribution in [0.4, 0.5) is 5.69 Å². The Morgan fingerprint density at radius 2 is 1.66 bits per heavy atom. The first kappa shape index (κ1) is 29.0. The molecule has 4 atom stereocenters. The minimum absolute atomic E-state index is 0.0283. The molecule has 6 rings (SSSR count). The molecule has 0 aromatic heterocycles. The maximum absolute atomic E-state index is 13.4. The Kier molecular flexibility index (Phi) is 7.59. The summed E-state index contributed by atoms with van der Waals surface area (Å²) in [7, 11) is 4.55. The standard InChI is InChI=1S/C30H27N3O10S/c1-38-22-8-15(9-23(39-2)27(22)40-3)24-17-10-20-21(43-13-42-20)11-18(17)26(19-12-41-29(35)25(19)24)31-30(44)32-28(34)14-5-4-6-16(7-14)33(36)37/h4-11,19,24-26H,12-13H2,1-3H3,(H2,31,32,34,44)/t19-,24+,25-,26+/m0/s1. The van der Waals surface area contributed by atoms with Crippen molar-refractivity contribution in [2.45, 2.75) is 12.0 Å². The van der Waals surface area contributed by atoms with E-state index in [0.717, 1.165) is 22.8 Å². The second-order valence-corrected chi connectivity index (χ2v) is 10.7. The van der Waals surface area contributed by atoms with Crippen LogP contribution in [-0.2, 0) is 9.53 Å². The average molecular weight is 622 g/mol. The second-order valence-electron chi connectivity index (χ2n) is 10.3. The van der Waals surface area contributed by atoms with Crippen molar-refractivity contribution in [2.24, 2.45) is 11.8 Å². The number of nitro benzene ring substituents is 1. The number of esters is 1. The number of hydrogen-bond donors (Lipinski definition) is 2. The van der Waals surface area contributed by atoms with Crippen LogP contribution in [0.25, 0.3) is 0 Å². The Morgan fingerprint density at radius 1 is 0.977 bits per heavy atom. The highest BCUT2D eigenvalue weighted by molar-refractivity contribution is 7.80. The number of nitrogens with one attached hydrogen (secondary N) is 2. The Morgan fingerprint density at radius 3 is 2.30 bits per heavy atom. The normalized spacial score (nSPS) is 20.9. The zero-order valence-electron chi connectivity index (χ0n) is 23.8. The van der Waals surface area contributed by atoms with E-state index in [1.807, 2.05) is 12.1 Å². The Hall–Kier alpha value is -5.11. The van der Waals surface area contributed by atoms with Gasteiger partial charge in [-0.15, -0.1) is 0 Å². The summed E-state index contributed by atoms with van der Waals surface area (Å²) in [4.78, 5) is 36.9. The molecule has 0 saturated carbocycles. The third kappa shape index (κ3) is 4.96. The van der Waals surface area contributed by atoms with Crippen LogP contribution in [0.1, 0.15) is 39.0 Å². The van der Waals surface area contributed by atoms with Crippen LogP contribution in [0.2, 0.25) is 0 Å². The highest BCUT2D eigenvalue weighted by Gasteiger charge is 2.53. The van der Waals surface area contributed by atoms with E-state index in [4.69, 9.17) is 40.6 Å². The number of benzene rings is 3. The first-order valence-electron chi connectivity index (χ1n) is 13.5. The van der Waals surface area contributed by atoms with Crippen LogP contribution in [0.15, 0.2) is 48.5 Å². The summed E-state index contributed by atoms with van der Waals surface area (Å²) in [6.45, 7) is 0.134. The van der Waals surface area contributed by atoms with Crippen LogP contribution in [0, 0.1) is 22.0 Å². The van der Waals surface area contributed by atoms with E-state index < -0.39 is 40.6 Å². The molecule has 1 aliphatic carbocycles. The number of fused-ring (bicyclic) bond motifs is 3.